The molecule has 108 valence electrons. The Kier molecular flexibility index (Phi) is 3.01. The quantitative estimate of drug-likeness (QED) is 0.798. The fourth-order valence-electron chi connectivity index (χ4n) is 2.82. The van der Waals surface area contributed by atoms with E-state index in [1.165, 1.54) is 4.90 Å². The lowest BCUT2D eigenvalue weighted by Gasteiger charge is -2.25. The van der Waals surface area contributed by atoms with Crippen molar-refractivity contribution in [3.63, 3.8) is 0 Å². The summed E-state index contributed by atoms with van der Waals surface area (Å²) in [6, 6.07) is 2.28. The average molecular weight is 289 g/mol. The summed E-state index contributed by atoms with van der Waals surface area (Å²) in [5, 5.41) is 18.4. The number of carbonyl (C=O) groups excluding carboxylic acids is 2. The van der Waals surface area contributed by atoms with Gasteiger partial charge in [0.1, 0.15) is 23.7 Å². The van der Waals surface area contributed by atoms with Gasteiger partial charge in [0.15, 0.2) is 0 Å². The third kappa shape index (κ3) is 1.91. The molecule has 0 bridgehead atoms. The molecule has 7 heteroatoms. The van der Waals surface area contributed by atoms with Crippen LogP contribution in [0, 0.1) is 17.1 Å². The van der Waals surface area contributed by atoms with Crippen molar-refractivity contribution < 1.29 is 19.1 Å². The Balaban J connectivity index is 2.05. The highest BCUT2D eigenvalue weighted by Gasteiger charge is 2.47. The van der Waals surface area contributed by atoms with E-state index in [0.29, 0.717) is 13.0 Å². The van der Waals surface area contributed by atoms with Gasteiger partial charge in [-0.15, -0.1) is 0 Å². The van der Waals surface area contributed by atoms with Gasteiger partial charge in [0, 0.05) is 12.6 Å². The first kappa shape index (κ1) is 13.4. The number of nitriles is 1. The Morgan fingerprint density at radius 1 is 1.33 bits per heavy atom. The Labute approximate surface area is 120 Å². The number of phenols is 1. The van der Waals surface area contributed by atoms with E-state index < -0.39 is 29.5 Å². The molecule has 0 spiro atoms. The molecule has 21 heavy (non-hydrogen) atoms. The van der Waals surface area contributed by atoms with Gasteiger partial charge in [-0.3, -0.25) is 4.79 Å². The first-order valence-electron chi connectivity index (χ1n) is 6.61. The van der Waals surface area contributed by atoms with Crippen LogP contribution in [0.2, 0.25) is 0 Å². The predicted molar refractivity (Wildman–Crippen MR) is 70.0 cm³/mol. The summed E-state index contributed by atoms with van der Waals surface area (Å²) in [7, 11) is 0. The zero-order valence-electron chi connectivity index (χ0n) is 11.0. The van der Waals surface area contributed by atoms with Crippen LogP contribution in [0.4, 0.5) is 14.9 Å². The van der Waals surface area contributed by atoms with Crippen LogP contribution in [0.25, 0.3) is 0 Å². The number of anilines is 1. The van der Waals surface area contributed by atoms with Gasteiger partial charge >= 0.3 is 6.03 Å². The Hall–Kier alpha value is -2.62. The largest absolute Gasteiger partial charge is 0.506 e. The van der Waals surface area contributed by atoms with Gasteiger partial charge in [-0.1, -0.05) is 0 Å². The van der Waals surface area contributed by atoms with Gasteiger partial charge in [0.2, 0.25) is 0 Å². The van der Waals surface area contributed by atoms with Crippen LogP contribution in [-0.2, 0) is 4.79 Å². The summed E-state index contributed by atoms with van der Waals surface area (Å²) in [5.74, 6) is -1.83. The van der Waals surface area contributed by atoms with Crippen molar-refractivity contribution in [1.82, 2.24) is 4.90 Å². The maximum atomic E-state index is 14.1. The fraction of sp³-hybridized carbons (Fsp3) is 0.357. The molecule has 1 atom stereocenters. The van der Waals surface area contributed by atoms with E-state index in [0.717, 1.165) is 29.9 Å². The third-order valence-electron chi connectivity index (χ3n) is 3.87. The number of rotatable bonds is 1. The molecule has 3 amide bonds. The van der Waals surface area contributed by atoms with E-state index in [1.54, 1.807) is 6.07 Å². The maximum Gasteiger partial charge on any atom is 0.332 e. The monoisotopic (exact) mass is 289 g/mol. The van der Waals surface area contributed by atoms with Crippen molar-refractivity contribution in [2.45, 2.75) is 25.3 Å². The van der Waals surface area contributed by atoms with Crippen molar-refractivity contribution in [2.24, 2.45) is 0 Å². The number of urea groups is 1. The number of benzene rings is 1. The number of nitrogens with zero attached hydrogens (tertiary/aromatic N) is 3. The molecule has 1 aromatic rings. The molecule has 3 rings (SSSR count). The molecule has 1 aromatic carbocycles. The molecule has 1 unspecified atom stereocenters. The van der Waals surface area contributed by atoms with Gasteiger partial charge in [0.05, 0.1) is 11.3 Å². The van der Waals surface area contributed by atoms with Crippen LogP contribution in [0.3, 0.4) is 0 Å². The molecule has 0 saturated carbocycles. The van der Waals surface area contributed by atoms with Crippen molar-refractivity contribution >= 4 is 17.6 Å². The molecule has 1 N–H and O–H groups in total. The normalized spacial score (nSPS) is 21.4. The molecule has 2 aliphatic rings. The summed E-state index contributed by atoms with van der Waals surface area (Å²) in [6.45, 7) is 0.468. The van der Waals surface area contributed by atoms with E-state index in [9.17, 15) is 19.1 Å². The number of hydrogen-bond donors (Lipinski definition) is 1. The topological polar surface area (TPSA) is 84.6 Å². The number of amides is 3. The second-order valence-corrected chi connectivity index (χ2v) is 5.09. The number of carbonyl (C=O) groups is 2. The highest BCUT2D eigenvalue weighted by atomic mass is 19.1. The zero-order chi connectivity index (χ0) is 15.1. The summed E-state index contributed by atoms with van der Waals surface area (Å²) in [4.78, 5) is 26.8. The van der Waals surface area contributed by atoms with Crippen LogP contribution >= 0.6 is 0 Å². The zero-order valence-corrected chi connectivity index (χ0v) is 11.0. The number of piperidine rings is 1. The first-order chi connectivity index (χ1) is 10.0. The number of halogens is 1. The SMILES string of the molecule is N#Cc1cc(F)c(N2C(=O)C3CCCCN3C2=O)cc1O. The molecule has 2 saturated heterocycles. The molecule has 2 fully saturated rings. The van der Waals surface area contributed by atoms with Gasteiger partial charge in [0.25, 0.3) is 5.91 Å². The van der Waals surface area contributed by atoms with Crippen molar-refractivity contribution in [3.05, 3.63) is 23.5 Å². The second-order valence-electron chi connectivity index (χ2n) is 5.09. The minimum absolute atomic E-state index is 0.243. The van der Waals surface area contributed by atoms with E-state index in [1.807, 2.05) is 0 Å². The average Bonchev–Trinajstić information content (AvgIpc) is 2.74. The van der Waals surface area contributed by atoms with E-state index in [2.05, 4.69) is 0 Å². The molecule has 2 heterocycles. The van der Waals surface area contributed by atoms with Gasteiger partial charge in [-0.25, -0.2) is 14.1 Å². The van der Waals surface area contributed by atoms with Gasteiger partial charge in [-0.2, -0.15) is 5.26 Å². The second kappa shape index (κ2) is 4.74. The Morgan fingerprint density at radius 3 is 2.76 bits per heavy atom. The third-order valence-corrected chi connectivity index (χ3v) is 3.87. The number of imide groups is 1. The summed E-state index contributed by atoms with van der Waals surface area (Å²) in [5.41, 5.74) is -0.552. The van der Waals surface area contributed by atoms with Gasteiger partial charge in [-0.05, 0) is 25.3 Å². The van der Waals surface area contributed by atoms with Crippen molar-refractivity contribution in [3.8, 4) is 11.8 Å². The smallest absolute Gasteiger partial charge is 0.332 e. The van der Waals surface area contributed by atoms with Crippen LogP contribution < -0.4 is 4.90 Å². The minimum atomic E-state index is -0.883. The van der Waals surface area contributed by atoms with E-state index in [-0.39, 0.29) is 11.3 Å². The maximum absolute atomic E-state index is 14.1. The Morgan fingerprint density at radius 2 is 2.10 bits per heavy atom. The molecule has 2 aliphatic heterocycles. The highest BCUT2D eigenvalue weighted by molar-refractivity contribution is 6.21. The molecule has 0 aliphatic carbocycles. The van der Waals surface area contributed by atoms with E-state index in [4.69, 9.17) is 5.26 Å². The standard InChI is InChI=1S/C14H12FN3O3/c15-9-5-8(7-16)12(19)6-11(9)18-13(20)10-3-1-2-4-17(10)14(18)21/h5-6,10,19H,1-4H2. The summed E-state index contributed by atoms with van der Waals surface area (Å²) >= 11 is 0. The first-order valence-corrected chi connectivity index (χ1v) is 6.61. The highest BCUT2D eigenvalue weighted by Crippen LogP contribution is 2.34. The van der Waals surface area contributed by atoms with Crippen molar-refractivity contribution in [2.75, 3.05) is 11.4 Å². The summed E-state index contributed by atoms with van der Waals surface area (Å²) in [6.07, 6.45) is 2.21. The number of aromatic hydroxyl groups is 1. The van der Waals surface area contributed by atoms with Gasteiger partial charge < -0.3 is 10.0 Å². The molecular formula is C14H12FN3O3. The summed E-state index contributed by atoms with van der Waals surface area (Å²) < 4.78 is 14.1. The molecule has 0 aromatic heterocycles. The number of hydrogen-bond acceptors (Lipinski definition) is 4. The number of phenolic OH excluding ortho intramolecular Hbond substituents is 1. The van der Waals surface area contributed by atoms with Crippen LogP contribution in [-0.4, -0.2) is 34.5 Å². The Bertz CT molecular complexity index is 659. The lowest BCUT2D eigenvalue weighted by atomic mass is 10.0. The molecule has 6 nitrogen and oxygen atoms in total. The predicted octanol–water partition coefficient (Wildman–Crippen LogP) is 1.72. The van der Waals surface area contributed by atoms with E-state index >= 15 is 0 Å². The van der Waals surface area contributed by atoms with Crippen molar-refractivity contribution in [1.29, 1.82) is 5.26 Å². The lowest BCUT2D eigenvalue weighted by molar-refractivity contribution is -0.120. The fourth-order valence-corrected chi connectivity index (χ4v) is 2.82. The number of fused-ring (bicyclic) bond motifs is 1. The minimum Gasteiger partial charge on any atom is -0.506 e. The van der Waals surface area contributed by atoms with Crippen LogP contribution in [0.5, 0.6) is 5.75 Å². The van der Waals surface area contributed by atoms with Crippen LogP contribution in [0.15, 0.2) is 12.1 Å². The van der Waals surface area contributed by atoms with Crippen LogP contribution in [0.1, 0.15) is 24.8 Å². The molecule has 0 radical (unpaired) electrons. The molecular weight excluding hydrogens is 277 g/mol. The lowest BCUT2D eigenvalue weighted by Crippen LogP contribution is -2.39.